The summed E-state index contributed by atoms with van der Waals surface area (Å²) in [6, 6.07) is 8.11. The summed E-state index contributed by atoms with van der Waals surface area (Å²) in [7, 11) is 0. The van der Waals surface area contributed by atoms with E-state index in [4.69, 9.17) is 0 Å². The smallest absolute Gasteiger partial charge is 0.225 e. The average molecular weight is 302 g/mol. The third-order valence-electron chi connectivity index (χ3n) is 3.94. The predicted molar refractivity (Wildman–Crippen MR) is 82.8 cm³/mol. The number of hydrogen-bond acceptors (Lipinski definition) is 3. The fourth-order valence-corrected chi connectivity index (χ4v) is 2.75. The monoisotopic (exact) mass is 302 g/mol. The van der Waals surface area contributed by atoms with Crippen molar-refractivity contribution in [3.8, 4) is 11.3 Å². The van der Waals surface area contributed by atoms with Gasteiger partial charge in [0.25, 0.3) is 0 Å². The van der Waals surface area contributed by atoms with Crippen molar-refractivity contribution >= 4 is 11.7 Å². The number of carbonyl (C=O) groups is 1. The second kappa shape index (κ2) is 6.70. The van der Waals surface area contributed by atoms with Crippen molar-refractivity contribution in [2.24, 2.45) is 5.92 Å². The van der Waals surface area contributed by atoms with Gasteiger partial charge in [0.15, 0.2) is 5.82 Å². The highest BCUT2D eigenvalue weighted by Gasteiger charge is 2.17. The lowest BCUT2D eigenvalue weighted by Gasteiger charge is -2.21. The molecule has 1 aromatic carbocycles. The van der Waals surface area contributed by atoms with Gasteiger partial charge >= 0.3 is 0 Å². The first-order valence-corrected chi connectivity index (χ1v) is 7.53. The molecule has 1 amide bonds. The maximum absolute atomic E-state index is 13.7. The zero-order chi connectivity index (χ0) is 15.4. The molecule has 22 heavy (non-hydrogen) atoms. The number of benzene rings is 1. The highest BCUT2D eigenvalue weighted by Crippen LogP contribution is 2.23. The zero-order valence-electron chi connectivity index (χ0n) is 12.2. The third kappa shape index (κ3) is 3.51. The van der Waals surface area contributed by atoms with Crippen molar-refractivity contribution in [1.29, 1.82) is 0 Å². The molecule has 3 rings (SSSR count). The van der Waals surface area contributed by atoms with E-state index in [1.54, 1.807) is 24.3 Å². The minimum absolute atomic E-state index is 0.0431. The molecule has 0 saturated carbocycles. The molecule has 1 aromatic heterocycles. The fourth-order valence-electron chi connectivity index (χ4n) is 2.75. The molecule has 116 valence electrons. The summed E-state index contributed by atoms with van der Waals surface area (Å²) in [6.07, 6.45) is 2.55. The van der Waals surface area contributed by atoms with Crippen LogP contribution in [0.3, 0.4) is 0 Å². The molecular formula is C16H19FN4O. The molecule has 0 bridgehead atoms. The van der Waals surface area contributed by atoms with E-state index in [0.717, 1.165) is 25.9 Å². The second-order valence-electron chi connectivity index (χ2n) is 5.59. The number of aromatic amines is 1. The summed E-state index contributed by atoms with van der Waals surface area (Å²) in [5, 5.41) is 12.8. The van der Waals surface area contributed by atoms with Crippen LogP contribution in [0.15, 0.2) is 30.3 Å². The van der Waals surface area contributed by atoms with Gasteiger partial charge in [0.2, 0.25) is 5.91 Å². The number of carbonyl (C=O) groups excluding carboxylic acids is 1. The summed E-state index contributed by atoms with van der Waals surface area (Å²) < 4.78 is 13.7. The van der Waals surface area contributed by atoms with Crippen LogP contribution in [0.4, 0.5) is 10.2 Å². The molecule has 0 unspecified atom stereocenters. The first kappa shape index (κ1) is 14.7. The van der Waals surface area contributed by atoms with Crippen LogP contribution in [0.2, 0.25) is 0 Å². The standard InChI is InChI=1S/C16H19FN4O/c17-13-4-2-1-3-12(13)14-10-15(21-20-14)19-16(22)9-11-5-7-18-8-6-11/h1-4,10-11,18H,5-9H2,(H2,19,20,21,22). The molecule has 2 aromatic rings. The van der Waals surface area contributed by atoms with E-state index < -0.39 is 0 Å². The Hall–Kier alpha value is -2.21. The van der Waals surface area contributed by atoms with Gasteiger partial charge in [-0.3, -0.25) is 9.89 Å². The van der Waals surface area contributed by atoms with E-state index >= 15 is 0 Å². The number of halogens is 1. The SMILES string of the molecule is O=C(CC1CCNCC1)Nc1cc(-c2ccccc2F)[nH]n1. The zero-order valence-corrected chi connectivity index (χ0v) is 12.2. The maximum Gasteiger partial charge on any atom is 0.225 e. The normalized spacial score (nSPS) is 15.7. The first-order valence-electron chi connectivity index (χ1n) is 7.53. The number of anilines is 1. The van der Waals surface area contributed by atoms with Crippen LogP contribution in [-0.4, -0.2) is 29.2 Å². The fraction of sp³-hybridized carbons (Fsp3) is 0.375. The van der Waals surface area contributed by atoms with Crippen molar-refractivity contribution in [2.75, 3.05) is 18.4 Å². The van der Waals surface area contributed by atoms with E-state index in [0.29, 0.717) is 29.4 Å². The van der Waals surface area contributed by atoms with Gasteiger partial charge in [0.05, 0.1) is 5.69 Å². The lowest BCUT2D eigenvalue weighted by molar-refractivity contribution is -0.117. The number of H-pyrrole nitrogens is 1. The van der Waals surface area contributed by atoms with Crippen LogP contribution in [0.5, 0.6) is 0 Å². The summed E-state index contributed by atoms with van der Waals surface area (Å²) in [4.78, 5) is 12.0. The van der Waals surface area contributed by atoms with Crippen LogP contribution >= 0.6 is 0 Å². The van der Waals surface area contributed by atoms with E-state index in [2.05, 4.69) is 20.8 Å². The number of aromatic nitrogens is 2. The van der Waals surface area contributed by atoms with E-state index in [1.165, 1.54) is 6.07 Å². The molecule has 6 heteroatoms. The lowest BCUT2D eigenvalue weighted by Crippen LogP contribution is -2.30. The predicted octanol–water partition coefficient (Wildman–Crippen LogP) is 2.54. The molecule has 0 aliphatic carbocycles. The van der Waals surface area contributed by atoms with Crippen LogP contribution in [0, 0.1) is 11.7 Å². The molecule has 2 heterocycles. The van der Waals surface area contributed by atoms with Gasteiger partial charge in [-0.05, 0) is 44.0 Å². The van der Waals surface area contributed by atoms with Crippen LogP contribution in [0.1, 0.15) is 19.3 Å². The molecule has 0 spiro atoms. The third-order valence-corrected chi connectivity index (χ3v) is 3.94. The number of nitrogens with zero attached hydrogens (tertiary/aromatic N) is 1. The topological polar surface area (TPSA) is 69.8 Å². The maximum atomic E-state index is 13.7. The van der Waals surface area contributed by atoms with E-state index in [-0.39, 0.29) is 11.7 Å². The van der Waals surface area contributed by atoms with Gasteiger partial charge in [0, 0.05) is 18.1 Å². The highest BCUT2D eigenvalue weighted by atomic mass is 19.1. The summed E-state index contributed by atoms with van der Waals surface area (Å²) >= 11 is 0. The van der Waals surface area contributed by atoms with E-state index in [9.17, 15) is 9.18 Å². The molecule has 1 aliphatic rings. The molecule has 1 saturated heterocycles. The van der Waals surface area contributed by atoms with Gasteiger partial charge in [-0.2, -0.15) is 5.10 Å². The number of piperidine rings is 1. The second-order valence-corrected chi connectivity index (χ2v) is 5.59. The van der Waals surface area contributed by atoms with Gasteiger partial charge in [-0.15, -0.1) is 0 Å². The lowest BCUT2D eigenvalue weighted by atomic mass is 9.94. The minimum Gasteiger partial charge on any atom is -0.317 e. The van der Waals surface area contributed by atoms with Crippen LogP contribution in [0.25, 0.3) is 11.3 Å². The van der Waals surface area contributed by atoms with Gasteiger partial charge in [0.1, 0.15) is 5.82 Å². The average Bonchev–Trinajstić information content (AvgIpc) is 2.97. The molecule has 3 N–H and O–H groups in total. The van der Waals surface area contributed by atoms with Crippen molar-refractivity contribution in [2.45, 2.75) is 19.3 Å². The van der Waals surface area contributed by atoms with Gasteiger partial charge in [-0.1, -0.05) is 12.1 Å². The summed E-state index contributed by atoms with van der Waals surface area (Å²) in [6.45, 7) is 1.94. The van der Waals surface area contributed by atoms with Crippen molar-refractivity contribution < 1.29 is 9.18 Å². The Bertz CT molecular complexity index is 649. The largest absolute Gasteiger partial charge is 0.317 e. The Morgan fingerprint density at radius 1 is 1.32 bits per heavy atom. The number of rotatable bonds is 4. The van der Waals surface area contributed by atoms with Crippen LogP contribution in [-0.2, 0) is 4.79 Å². The summed E-state index contributed by atoms with van der Waals surface area (Å²) in [5.41, 5.74) is 0.990. The Kier molecular flexibility index (Phi) is 4.48. The van der Waals surface area contributed by atoms with Crippen molar-refractivity contribution in [1.82, 2.24) is 15.5 Å². The highest BCUT2D eigenvalue weighted by molar-refractivity contribution is 5.90. The molecule has 5 nitrogen and oxygen atoms in total. The van der Waals surface area contributed by atoms with Crippen molar-refractivity contribution in [3.63, 3.8) is 0 Å². The van der Waals surface area contributed by atoms with Crippen molar-refractivity contribution in [3.05, 3.63) is 36.1 Å². The molecule has 1 fully saturated rings. The summed E-state index contributed by atoms with van der Waals surface area (Å²) in [5.74, 6) is 0.487. The Morgan fingerprint density at radius 3 is 2.86 bits per heavy atom. The first-order chi connectivity index (χ1) is 10.7. The quantitative estimate of drug-likeness (QED) is 0.813. The Morgan fingerprint density at radius 2 is 2.09 bits per heavy atom. The number of hydrogen-bond donors (Lipinski definition) is 3. The Balaban J connectivity index is 1.62. The van der Waals surface area contributed by atoms with Gasteiger partial charge in [-0.25, -0.2) is 4.39 Å². The number of amides is 1. The minimum atomic E-state index is -0.321. The molecular weight excluding hydrogens is 283 g/mol. The van der Waals surface area contributed by atoms with Crippen LogP contribution < -0.4 is 10.6 Å². The molecule has 0 radical (unpaired) electrons. The van der Waals surface area contributed by atoms with E-state index in [1.807, 2.05) is 0 Å². The Labute approximate surface area is 128 Å². The molecule has 1 aliphatic heterocycles. The number of nitrogens with one attached hydrogen (secondary N) is 3. The molecule has 0 atom stereocenters. The van der Waals surface area contributed by atoms with Gasteiger partial charge < -0.3 is 10.6 Å².